The summed E-state index contributed by atoms with van der Waals surface area (Å²) in [7, 11) is 0. The average molecular weight is 228 g/mol. The van der Waals surface area contributed by atoms with Crippen LogP contribution in [0.1, 0.15) is 53.4 Å². The first kappa shape index (κ1) is 13.5. The second kappa shape index (κ2) is 5.17. The van der Waals surface area contributed by atoms with Crippen LogP contribution >= 0.6 is 0 Å². The van der Waals surface area contributed by atoms with Crippen molar-refractivity contribution in [2.24, 2.45) is 11.3 Å². The maximum Gasteiger partial charge on any atom is 0.309 e. The minimum atomic E-state index is -0.701. The monoisotopic (exact) mass is 228 g/mol. The molecule has 1 aliphatic heterocycles. The van der Waals surface area contributed by atoms with Crippen molar-refractivity contribution in [1.29, 1.82) is 0 Å². The second-order valence-electron chi connectivity index (χ2n) is 5.47. The molecule has 1 saturated heterocycles. The van der Waals surface area contributed by atoms with Gasteiger partial charge < -0.3 is 9.84 Å². The van der Waals surface area contributed by atoms with Gasteiger partial charge in [0.15, 0.2) is 0 Å². The van der Waals surface area contributed by atoms with Crippen molar-refractivity contribution in [2.75, 3.05) is 0 Å². The maximum absolute atomic E-state index is 11.2. The van der Waals surface area contributed by atoms with Crippen molar-refractivity contribution >= 4 is 5.97 Å². The lowest BCUT2D eigenvalue weighted by atomic mass is 9.80. The molecule has 0 aromatic carbocycles. The molecule has 3 heteroatoms. The third-order valence-corrected chi connectivity index (χ3v) is 3.93. The Morgan fingerprint density at radius 2 is 2.06 bits per heavy atom. The predicted octanol–water partition coefficient (Wildman–Crippen LogP) is 3.08. The lowest BCUT2D eigenvalue weighted by molar-refractivity contribution is -0.143. The van der Waals surface area contributed by atoms with E-state index in [0.717, 1.165) is 19.3 Å². The molecule has 1 aliphatic rings. The number of hydrogen-bond acceptors (Lipinski definition) is 2. The van der Waals surface area contributed by atoms with E-state index in [2.05, 4.69) is 27.7 Å². The van der Waals surface area contributed by atoms with Crippen molar-refractivity contribution in [1.82, 2.24) is 0 Å². The highest BCUT2D eigenvalue weighted by Crippen LogP contribution is 2.40. The topological polar surface area (TPSA) is 46.5 Å². The van der Waals surface area contributed by atoms with Gasteiger partial charge in [0.2, 0.25) is 0 Å². The van der Waals surface area contributed by atoms with Gasteiger partial charge in [0.1, 0.15) is 0 Å². The number of carboxylic acid groups (broad SMARTS) is 1. The number of rotatable bonds is 5. The quantitative estimate of drug-likeness (QED) is 0.786. The molecule has 0 spiro atoms. The molecule has 1 N–H and O–H groups in total. The molecule has 3 atom stereocenters. The Morgan fingerprint density at radius 3 is 2.50 bits per heavy atom. The zero-order valence-corrected chi connectivity index (χ0v) is 10.8. The molecular formula is C13H24O3. The van der Waals surface area contributed by atoms with Gasteiger partial charge in [0.05, 0.1) is 18.1 Å². The van der Waals surface area contributed by atoms with Crippen LogP contribution in [0.4, 0.5) is 0 Å². The fraction of sp³-hybridized carbons (Fsp3) is 0.923. The molecular weight excluding hydrogens is 204 g/mol. The van der Waals surface area contributed by atoms with Crippen molar-refractivity contribution in [2.45, 2.75) is 65.6 Å². The van der Waals surface area contributed by atoms with Crippen molar-refractivity contribution in [3.05, 3.63) is 0 Å². The molecule has 0 bridgehead atoms. The minimum Gasteiger partial charge on any atom is -0.481 e. The van der Waals surface area contributed by atoms with Crippen LogP contribution in [0.25, 0.3) is 0 Å². The highest BCUT2D eigenvalue weighted by molar-refractivity contribution is 5.71. The van der Waals surface area contributed by atoms with E-state index in [1.165, 1.54) is 0 Å². The van der Waals surface area contributed by atoms with Crippen LogP contribution in [-0.4, -0.2) is 23.3 Å². The summed E-state index contributed by atoms with van der Waals surface area (Å²) in [6.07, 6.45) is 3.53. The van der Waals surface area contributed by atoms with Gasteiger partial charge in [-0.2, -0.15) is 0 Å². The zero-order chi connectivity index (χ0) is 12.3. The van der Waals surface area contributed by atoms with E-state index in [1.807, 2.05) is 0 Å². The van der Waals surface area contributed by atoms with Crippen molar-refractivity contribution < 1.29 is 14.6 Å². The van der Waals surface area contributed by atoms with Gasteiger partial charge in [-0.15, -0.1) is 0 Å². The van der Waals surface area contributed by atoms with Crippen LogP contribution in [0.3, 0.4) is 0 Å². The summed E-state index contributed by atoms with van der Waals surface area (Å²) in [5.41, 5.74) is 0.0796. The fourth-order valence-electron chi connectivity index (χ4n) is 2.29. The average Bonchev–Trinajstić information content (AvgIpc) is 2.63. The van der Waals surface area contributed by atoms with Crippen LogP contribution in [0, 0.1) is 11.3 Å². The Morgan fingerprint density at radius 1 is 1.44 bits per heavy atom. The molecule has 0 aromatic rings. The van der Waals surface area contributed by atoms with Gasteiger partial charge in [-0.25, -0.2) is 0 Å². The van der Waals surface area contributed by atoms with E-state index in [4.69, 9.17) is 4.74 Å². The first-order valence-corrected chi connectivity index (χ1v) is 6.30. The summed E-state index contributed by atoms with van der Waals surface area (Å²) in [5, 5.41) is 9.19. The van der Waals surface area contributed by atoms with Gasteiger partial charge in [-0.1, -0.05) is 34.1 Å². The predicted molar refractivity (Wildman–Crippen MR) is 63.4 cm³/mol. The van der Waals surface area contributed by atoms with E-state index in [1.54, 1.807) is 0 Å². The van der Waals surface area contributed by atoms with Crippen LogP contribution < -0.4 is 0 Å². The molecule has 0 amide bonds. The van der Waals surface area contributed by atoms with E-state index >= 15 is 0 Å². The van der Waals surface area contributed by atoms with Crippen LogP contribution in [0.2, 0.25) is 0 Å². The Labute approximate surface area is 98.2 Å². The Balaban J connectivity index is 2.72. The van der Waals surface area contributed by atoms with Gasteiger partial charge >= 0.3 is 5.97 Å². The third-order valence-electron chi connectivity index (χ3n) is 3.93. The van der Waals surface area contributed by atoms with E-state index in [-0.39, 0.29) is 23.5 Å². The number of carboxylic acids is 1. The molecule has 1 heterocycles. The Hall–Kier alpha value is -0.570. The normalized spacial score (nSPS) is 30.6. The highest BCUT2D eigenvalue weighted by atomic mass is 16.5. The van der Waals surface area contributed by atoms with E-state index in [9.17, 15) is 9.90 Å². The Kier molecular flexibility index (Phi) is 4.36. The van der Waals surface area contributed by atoms with E-state index < -0.39 is 5.97 Å². The van der Waals surface area contributed by atoms with Crippen LogP contribution in [-0.2, 0) is 9.53 Å². The summed E-state index contributed by atoms with van der Waals surface area (Å²) >= 11 is 0. The summed E-state index contributed by atoms with van der Waals surface area (Å²) < 4.78 is 5.95. The van der Waals surface area contributed by atoms with Gasteiger partial charge in [0, 0.05) is 0 Å². The maximum atomic E-state index is 11.2. The summed E-state index contributed by atoms with van der Waals surface area (Å²) in [6.45, 7) is 8.52. The Bertz CT molecular complexity index is 248. The molecule has 0 aliphatic carbocycles. The number of carbonyl (C=O) groups is 1. The van der Waals surface area contributed by atoms with Gasteiger partial charge in [0.25, 0.3) is 0 Å². The number of aliphatic carboxylic acids is 1. The van der Waals surface area contributed by atoms with Crippen LogP contribution in [0.5, 0.6) is 0 Å². The van der Waals surface area contributed by atoms with Crippen molar-refractivity contribution in [3.63, 3.8) is 0 Å². The first-order valence-electron chi connectivity index (χ1n) is 6.30. The minimum absolute atomic E-state index is 0.0796. The first-order chi connectivity index (χ1) is 7.42. The molecule has 0 aromatic heterocycles. The highest BCUT2D eigenvalue weighted by Gasteiger charge is 2.44. The molecule has 1 fully saturated rings. The number of ether oxygens (including phenoxy) is 1. The molecule has 3 nitrogen and oxygen atoms in total. The van der Waals surface area contributed by atoms with Gasteiger partial charge in [-0.05, 0) is 24.7 Å². The van der Waals surface area contributed by atoms with Crippen molar-refractivity contribution in [3.8, 4) is 0 Å². The van der Waals surface area contributed by atoms with E-state index in [0.29, 0.717) is 6.42 Å². The summed E-state index contributed by atoms with van der Waals surface area (Å²) in [5.74, 6) is -1.01. The molecule has 16 heavy (non-hydrogen) atoms. The molecule has 3 unspecified atom stereocenters. The molecule has 1 rings (SSSR count). The van der Waals surface area contributed by atoms with Gasteiger partial charge in [-0.3, -0.25) is 4.79 Å². The smallest absolute Gasteiger partial charge is 0.309 e. The largest absolute Gasteiger partial charge is 0.481 e. The summed E-state index contributed by atoms with van der Waals surface area (Å²) in [6, 6.07) is 0. The standard InChI is InChI=1S/C13H24O3/c1-5-7-10-9(12(14)15)8-11(16-10)13(3,4)6-2/h9-11H,5-8H2,1-4H3,(H,14,15). The molecule has 94 valence electrons. The van der Waals surface area contributed by atoms with Crippen LogP contribution in [0.15, 0.2) is 0 Å². The molecule has 0 radical (unpaired) electrons. The third kappa shape index (κ3) is 2.76. The zero-order valence-electron chi connectivity index (χ0n) is 10.8. The lowest BCUT2D eigenvalue weighted by Gasteiger charge is -2.30. The number of hydrogen-bond donors (Lipinski definition) is 1. The fourth-order valence-corrected chi connectivity index (χ4v) is 2.29. The molecule has 0 saturated carbocycles. The summed E-state index contributed by atoms with van der Waals surface area (Å²) in [4.78, 5) is 11.2. The lowest BCUT2D eigenvalue weighted by Crippen LogP contribution is -2.28. The SMILES string of the molecule is CCCC1OC(C(C)(C)CC)CC1C(=O)O. The second-order valence-corrected chi connectivity index (χ2v) is 5.47.